The van der Waals surface area contributed by atoms with Gasteiger partial charge in [0.15, 0.2) is 0 Å². The van der Waals surface area contributed by atoms with E-state index < -0.39 is 12.1 Å². The van der Waals surface area contributed by atoms with Gasteiger partial charge in [0.05, 0.1) is 18.7 Å². The van der Waals surface area contributed by atoms with E-state index in [1.807, 2.05) is 45.0 Å². The van der Waals surface area contributed by atoms with Crippen LogP contribution in [0.2, 0.25) is 0 Å². The van der Waals surface area contributed by atoms with Crippen molar-refractivity contribution in [3.05, 3.63) is 35.4 Å². The molecule has 0 radical (unpaired) electrons. The van der Waals surface area contributed by atoms with E-state index in [-0.39, 0.29) is 30.8 Å². The quantitative estimate of drug-likeness (QED) is 0.579. The second-order valence-corrected chi connectivity index (χ2v) is 5.72. The van der Waals surface area contributed by atoms with Gasteiger partial charge in [-0.05, 0) is 18.4 Å². The van der Waals surface area contributed by atoms with Crippen LogP contribution in [0, 0.1) is 12.8 Å². The Balaban J connectivity index is 2.34. The third kappa shape index (κ3) is 5.83. The van der Waals surface area contributed by atoms with Crippen molar-refractivity contribution < 1.29 is 14.7 Å². The van der Waals surface area contributed by atoms with Crippen LogP contribution in [-0.4, -0.2) is 36.1 Å². The van der Waals surface area contributed by atoms with Crippen LogP contribution in [0.15, 0.2) is 24.3 Å². The summed E-state index contributed by atoms with van der Waals surface area (Å²) in [4.78, 5) is 23.3. The molecule has 22 heavy (non-hydrogen) atoms. The third-order valence-electron chi connectivity index (χ3n) is 3.40. The Hall–Kier alpha value is -1.92. The van der Waals surface area contributed by atoms with Crippen molar-refractivity contribution in [1.29, 1.82) is 0 Å². The van der Waals surface area contributed by atoms with Crippen molar-refractivity contribution in [3.63, 3.8) is 0 Å². The average molecular weight is 307 g/mol. The van der Waals surface area contributed by atoms with Gasteiger partial charge in [-0.15, -0.1) is 0 Å². The van der Waals surface area contributed by atoms with Gasteiger partial charge >= 0.3 is 0 Å². The highest BCUT2D eigenvalue weighted by molar-refractivity contribution is 5.87. The lowest BCUT2D eigenvalue weighted by atomic mass is 10.1. The van der Waals surface area contributed by atoms with Crippen LogP contribution in [0.5, 0.6) is 0 Å². The molecule has 1 rings (SSSR count). The molecule has 122 valence electrons. The minimum atomic E-state index is -0.779. The van der Waals surface area contributed by atoms with Gasteiger partial charge in [0, 0.05) is 6.54 Å². The van der Waals surface area contributed by atoms with Gasteiger partial charge in [0.1, 0.15) is 0 Å². The Kier molecular flexibility index (Phi) is 7.01. The summed E-state index contributed by atoms with van der Waals surface area (Å²) in [5.74, 6) is -0.717. The standard InChI is InChI=1S/C16H25N3O3/c1-10(2)15(17)16(22)19-9-14(21)18-8-13(20)12-6-4-11(3)5-7-12/h4-7,10,13,15,20H,8-9,17H2,1-3H3,(H,18,21)(H,19,22)/t13?,15-/m0/s1. The molecule has 0 bridgehead atoms. The molecule has 0 saturated heterocycles. The Labute approximate surface area is 131 Å². The number of hydrogen-bond acceptors (Lipinski definition) is 4. The first-order valence-corrected chi connectivity index (χ1v) is 7.36. The summed E-state index contributed by atoms with van der Waals surface area (Å²) in [5.41, 5.74) is 7.51. The normalized spacial score (nSPS) is 13.5. The topological polar surface area (TPSA) is 104 Å². The lowest BCUT2D eigenvalue weighted by Crippen LogP contribution is -2.47. The molecule has 0 heterocycles. The molecule has 0 fully saturated rings. The number of aliphatic hydroxyl groups excluding tert-OH is 1. The van der Waals surface area contributed by atoms with Crippen LogP contribution < -0.4 is 16.4 Å². The number of nitrogens with one attached hydrogen (secondary N) is 2. The second-order valence-electron chi connectivity index (χ2n) is 5.72. The summed E-state index contributed by atoms with van der Waals surface area (Å²) in [6, 6.07) is 6.79. The zero-order valence-corrected chi connectivity index (χ0v) is 13.3. The molecule has 0 aliphatic rings. The SMILES string of the molecule is Cc1ccc(C(O)CNC(=O)CNC(=O)[C@@H](N)C(C)C)cc1. The number of aryl methyl sites for hydroxylation is 1. The molecule has 2 atom stereocenters. The Morgan fingerprint density at radius 3 is 2.32 bits per heavy atom. The minimum Gasteiger partial charge on any atom is -0.387 e. The number of carbonyl (C=O) groups is 2. The van der Waals surface area contributed by atoms with Crippen LogP contribution >= 0.6 is 0 Å². The van der Waals surface area contributed by atoms with E-state index in [4.69, 9.17) is 5.73 Å². The number of nitrogens with two attached hydrogens (primary N) is 1. The maximum Gasteiger partial charge on any atom is 0.239 e. The largest absolute Gasteiger partial charge is 0.387 e. The van der Waals surface area contributed by atoms with Gasteiger partial charge in [-0.3, -0.25) is 9.59 Å². The molecule has 2 amide bonds. The minimum absolute atomic E-state index is 0.00595. The molecular weight excluding hydrogens is 282 g/mol. The first-order valence-electron chi connectivity index (χ1n) is 7.36. The first-order chi connectivity index (χ1) is 10.3. The molecule has 5 N–H and O–H groups in total. The fourth-order valence-electron chi connectivity index (χ4n) is 1.77. The predicted octanol–water partition coefficient (Wildman–Crippen LogP) is 0.244. The molecule has 0 spiro atoms. The number of carbonyl (C=O) groups excluding carboxylic acids is 2. The average Bonchev–Trinajstić information content (AvgIpc) is 2.49. The smallest absolute Gasteiger partial charge is 0.239 e. The fraction of sp³-hybridized carbons (Fsp3) is 0.500. The molecule has 1 unspecified atom stereocenters. The number of aliphatic hydroxyl groups is 1. The van der Waals surface area contributed by atoms with Gasteiger partial charge < -0.3 is 21.5 Å². The van der Waals surface area contributed by atoms with E-state index in [0.29, 0.717) is 0 Å². The number of rotatable bonds is 7. The zero-order chi connectivity index (χ0) is 16.7. The van der Waals surface area contributed by atoms with E-state index in [1.54, 1.807) is 0 Å². The molecule has 6 nitrogen and oxygen atoms in total. The predicted molar refractivity (Wildman–Crippen MR) is 85.0 cm³/mol. The van der Waals surface area contributed by atoms with Crippen molar-refractivity contribution in [2.75, 3.05) is 13.1 Å². The van der Waals surface area contributed by atoms with Crippen LogP contribution in [0.25, 0.3) is 0 Å². The van der Waals surface area contributed by atoms with E-state index in [1.165, 1.54) is 0 Å². The third-order valence-corrected chi connectivity index (χ3v) is 3.40. The molecule has 0 aliphatic carbocycles. The van der Waals surface area contributed by atoms with E-state index in [2.05, 4.69) is 10.6 Å². The molecule has 0 aromatic heterocycles. The van der Waals surface area contributed by atoms with E-state index >= 15 is 0 Å². The van der Waals surface area contributed by atoms with Crippen molar-refractivity contribution >= 4 is 11.8 Å². The maximum absolute atomic E-state index is 11.7. The highest BCUT2D eigenvalue weighted by atomic mass is 16.3. The van der Waals surface area contributed by atoms with E-state index in [0.717, 1.165) is 11.1 Å². The van der Waals surface area contributed by atoms with Gasteiger partial charge in [-0.25, -0.2) is 0 Å². The number of hydrogen-bond donors (Lipinski definition) is 4. The lowest BCUT2D eigenvalue weighted by molar-refractivity contribution is -0.127. The van der Waals surface area contributed by atoms with Crippen molar-refractivity contribution in [3.8, 4) is 0 Å². The summed E-state index contributed by atoms with van der Waals surface area (Å²) in [7, 11) is 0. The lowest BCUT2D eigenvalue weighted by Gasteiger charge is -2.16. The Morgan fingerprint density at radius 1 is 1.18 bits per heavy atom. The molecule has 1 aromatic rings. The van der Waals surface area contributed by atoms with Gasteiger partial charge in [-0.1, -0.05) is 43.7 Å². The summed E-state index contributed by atoms with van der Waals surface area (Å²) in [6.45, 7) is 5.57. The summed E-state index contributed by atoms with van der Waals surface area (Å²) >= 11 is 0. The fourth-order valence-corrected chi connectivity index (χ4v) is 1.77. The van der Waals surface area contributed by atoms with E-state index in [9.17, 15) is 14.7 Å². The van der Waals surface area contributed by atoms with Crippen LogP contribution in [0.1, 0.15) is 31.1 Å². The molecule has 1 aromatic carbocycles. The second kappa shape index (κ2) is 8.51. The maximum atomic E-state index is 11.7. The summed E-state index contributed by atoms with van der Waals surface area (Å²) in [5, 5.41) is 15.0. The highest BCUT2D eigenvalue weighted by Crippen LogP contribution is 2.12. The Bertz CT molecular complexity index is 500. The first kappa shape index (κ1) is 18.1. The number of benzene rings is 1. The van der Waals surface area contributed by atoms with Crippen molar-refractivity contribution in [2.45, 2.75) is 32.9 Å². The number of amides is 2. The van der Waals surface area contributed by atoms with Crippen molar-refractivity contribution in [1.82, 2.24) is 10.6 Å². The molecule has 0 aliphatic heterocycles. The zero-order valence-electron chi connectivity index (χ0n) is 13.3. The molecular formula is C16H25N3O3. The van der Waals surface area contributed by atoms with Crippen LogP contribution in [0.4, 0.5) is 0 Å². The van der Waals surface area contributed by atoms with Crippen molar-refractivity contribution in [2.24, 2.45) is 11.7 Å². The Morgan fingerprint density at radius 2 is 1.77 bits per heavy atom. The molecule has 0 saturated carbocycles. The van der Waals surface area contributed by atoms with Gasteiger partial charge in [0.25, 0.3) is 0 Å². The summed E-state index contributed by atoms with van der Waals surface area (Å²) < 4.78 is 0. The van der Waals surface area contributed by atoms with Crippen LogP contribution in [0.3, 0.4) is 0 Å². The summed E-state index contributed by atoms with van der Waals surface area (Å²) in [6.07, 6.45) is -0.779. The van der Waals surface area contributed by atoms with Gasteiger partial charge in [-0.2, -0.15) is 0 Å². The molecule has 6 heteroatoms. The monoisotopic (exact) mass is 307 g/mol. The van der Waals surface area contributed by atoms with Gasteiger partial charge in [0.2, 0.25) is 11.8 Å². The van der Waals surface area contributed by atoms with Crippen LogP contribution in [-0.2, 0) is 9.59 Å². The highest BCUT2D eigenvalue weighted by Gasteiger charge is 2.17.